The van der Waals surface area contributed by atoms with Crippen molar-refractivity contribution >= 4 is 32.7 Å². The molecule has 0 unspecified atom stereocenters. The predicted molar refractivity (Wildman–Crippen MR) is 111 cm³/mol. The first-order chi connectivity index (χ1) is 13.7. The van der Waals surface area contributed by atoms with Gasteiger partial charge in [-0.1, -0.05) is 30.3 Å². The van der Waals surface area contributed by atoms with Gasteiger partial charge in [-0.15, -0.1) is 0 Å². The minimum absolute atomic E-state index is 0.0609. The lowest BCUT2D eigenvalue weighted by Gasteiger charge is -2.26. The smallest absolute Gasteiger partial charge is 0.256 e. The third-order valence-corrected chi connectivity index (χ3v) is 5.61. The van der Waals surface area contributed by atoms with Gasteiger partial charge < -0.3 is 19.0 Å². The number of para-hydroxylation sites is 1. The summed E-state index contributed by atoms with van der Waals surface area (Å²) < 4.78 is 13.7. The fourth-order valence-corrected chi connectivity index (χ4v) is 4.21. The van der Waals surface area contributed by atoms with Gasteiger partial charge in [0.2, 0.25) is 0 Å². The molecule has 4 aromatic rings. The van der Waals surface area contributed by atoms with Crippen LogP contribution in [0.1, 0.15) is 0 Å². The first kappa shape index (κ1) is 17.3. The quantitative estimate of drug-likeness (QED) is 0.594. The van der Waals surface area contributed by atoms with Crippen molar-refractivity contribution in [1.29, 1.82) is 0 Å². The zero-order valence-electron chi connectivity index (χ0n) is 15.9. The molecule has 5 rings (SSSR count). The summed E-state index contributed by atoms with van der Waals surface area (Å²) in [6.45, 7) is 4.99. The van der Waals surface area contributed by atoms with Gasteiger partial charge in [0.15, 0.2) is 0 Å². The summed E-state index contributed by atoms with van der Waals surface area (Å²) in [4.78, 5) is 18.0. The molecule has 1 saturated heterocycles. The van der Waals surface area contributed by atoms with Crippen molar-refractivity contribution in [2.75, 3.05) is 39.5 Å². The van der Waals surface area contributed by atoms with E-state index in [4.69, 9.17) is 9.47 Å². The van der Waals surface area contributed by atoms with Gasteiger partial charge in [0, 0.05) is 42.8 Å². The highest BCUT2D eigenvalue weighted by molar-refractivity contribution is 6.16. The molecule has 1 aliphatic rings. The summed E-state index contributed by atoms with van der Waals surface area (Å²) in [5.41, 5.74) is 2.83. The maximum Gasteiger partial charge on any atom is 0.256 e. The molecule has 1 aliphatic heterocycles. The van der Waals surface area contributed by atoms with Gasteiger partial charge in [-0.25, -0.2) is 0 Å². The maximum atomic E-state index is 12.6. The van der Waals surface area contributed by atoms with E-state index >= 15 is 0 Å². The first-order valence-corrected chi connectivity index (χ1v) is 9.69. The zero-order chi connectivity index (χ0) is 19.1. The average Bonchev–Trinajstić information content (AvgIpc) is 3.02. The summed E-state index contributed by atoms with van der Waals surface area (Å²) >= 11 is 0. The summed E-state index contributed by atoms with van der Waals surface area (Å²) in [5.74, 6) is 0.842. The molecule has 0 bridgehead atoms. The van der Waals surface area contributed by atoms with Crippen molar-refractivity contribution in [2.45, 2.75) is 0 Å². The van der Waals surface area contributed by atoms with Crippen LogP contribution in [0.3, 0.4) is 0 Å². The molecule has 6 nitrogen and oxygen atoms in total. The van der Waals surface area contributed by atoms with Crippen molar-refractivity contribution in [2.24, 2.45) is 7.05 Å². The maximum absolute atomic E-state index is 12.6. The van der Waals surface area contributed by atoms with E-state index in [1.54, 1.807) is 0 Å². The van der Waals surface area contributed by atoms with Gasteiger partial charge in [-0.05, 0) is 12.1 Å². The second kappa shape index (κ2) is 6.96. The van der Waals surface area contributed by atoms with Gasteiger partial charge in [-0.2, -0.15) is 0 Å². The van der Waals surface area contributed by atoms with E-state index in [1.165, 1.54) is 0 Å². The SMILES string of the molecule is Cn1c2c(OCCN3CCOCC3)cccc2c2[nH]c(=O)c3ccccc3c21. The standard InChI is InChI=1S/C22H23N3O3/c1-24-20-17(19-21(24)15-5-2-3-6-16(15)22(26)23-19)7-4-8-18(20)28-14-11-25-9-12-27-13-10-25/h2-8H,9-14H2,1H3,(H,23,26). The second-order valence-corrected chi connectivity index (χ2v) is 7.24. The summed E-state index contributed by atoms with van der Waals surface area (Å²) in [6, 6.07) is 13.8. The van der Waals surface area contributed by atoms with Gasteiger partial charge in [0.1, 0.15) is 12.4 Å². The Kier molecular flexibility index (Phi) is 4.30. The molecule has 28 heavy (non-hydrogen) atoms. The Labute approximate surface area is 162 Å². The molecule has 3 heterocycles. The minimum atomic E-state index is -0.0609. The van der Waals surface area contributed by atoms with Crippen LogP contribution < -0.4 is 10.3 Å². The number of pyridine rings is 1. The number of fused-ring (bicyclic) bond motifs is 5. The van der Waals surface area contributed by atoms with Gasteiger partial charge >= 0.3 is 0 Å². The van der Waals surface area contributed by atoms with Crippen LogP contribution in [0.15, 0.2) is 47.3 Å². The van der Waals surface area contributed by atoms with Crippen LogP contribution in [0.25, 0.3) is 32.7 Å². The summed E-state index contributed by atoms with van der Waals surface area (Å²) in [6.07, 6.45) is 0. The Bertz CT molecular complexity index is 1220. The average molecular weight is 377 g/mol. The van der Waals surface area contributed by atoms with E-state index in [9.17, 15) is 4.79 Å². The number of hydrogen-bond acceptors (Lipinski definition) is 4. The van der Waals surface area contributed by atoms with Crippen molar-refractivity contribution in [3.8, 4) is 5.75 Å². The fraction of sp³-hybridized carbons (Fsp3) is 0.318. The Hall–Kier alpha value is -2.83. The molecule has 144 valence electrons. The lowest BCUT2D eigenvalue weighted by Crippen LogP contribution is -2.38. The van der Waals surface area contributed by atoms with Crippen LogP contribution in [0.4, 0.5) is 0 Å². The molecule has 1 N–H and O–H groups in total. The third-order valence-electron chi connectivity index (χ3n) is 5.61. The van der Waals surface area contributed by atoms with Crippen molar-refractivity contribution in [3.63, 3.8) is 0 Å². The molecule has 0 atom stereocenters. The van der Waals surface area contributed by atoms with E-state index in [0.29, 0.717) is 12.0 Å². The number of aryl methyl sites for hydroxylation is 1. The van der Waals surface area contributed by atoms with E-state index < -0.39 is 0 Å². The monoisotopic (exact) mass is 377 g/mol. The Morgan fingerprint density at radius 2 is 1.75 bits per heavy atom. The van der Waals surface area contributed by atoms with E-state index in [2.05, 4.69) is 14.5 Å². The number of hydrogen-bond donors (Lipinski definition) is 1. The molecule has 0 amide bonds. The molecule has 0 aliphatic carbocycles. The predicted octanol–water partition coefficient (Wildman–Crippen LogP) is 2.88. The lowest BCUT2D eigenvalue weighted by atomic mass is 10.1. The highest BCUT2D eigenvalue weighted by atomic mass is 16.5. The number of aromatic nitrogens is 2. The van der Waals surface area contributed by atoms with Crippen LogP contribution in [-0.4, -0.2) is 53.9 Å². The number of aromatic amines is 1. The molecule has 2 aromatic heterocycles. The topological polar surface area (TPSA) is 59.5 Å². The summed E-state index contributed by atoms with van der Waals surface area (Å²) in [5, 5.41) is 2.67. The molecular weight excluding hydrogens is 354 g/mol. The Morgan fingerprint density at radius 1 is 1.00 bits per heavy atom. The first-order valence-electron chi connectivity index (χ1n) is 9.69. The molecular formula is C22H23N3O3. The fourth-order valence-electron chi connectivity index (χ4n) is 4.21. The highest BCUT2D eigenvalue weighted by Crippen LogP contribution is 2.35. The van der Waals surface area contributed by atoms with Crippen LogP contribution in [0.5, 0.6) is 5.75 Å². The summed E-state index contributed by atoms with van der Waals surface area (Å²) in [7, 11) is 2.03. The van der Waals surface area contributed by atoms with Crippen molar-refractivity contribution in [1.82, 2.24) is 14.5 Å². The zero-order valence-corrected chi connectivity index (χ0v) is 15.9. The number of nitrogens with one attached hydrogen (secondary N) is 1. The van der Waals surface area contributed by atoms with E-state index in [0.717, 1.165) is 65.9 Å². The van der Waals surface area contributed by atoms with Crippen LogP contribution in [0, 0.1) is 0 Å². The number of rotatable bonds is 4. The largest absolute Gasteiger partial charge is 0.490 e. The second-order valence-electron chi connectivity index (χ2n) is 7.24. The van der Waals surface area contributed by atoms with Gasteiger partial charge in [0.05, 0.1) is 29.8 Å². The van der Waals surface area contributed by atoms with Crippen LogP contribution in [0.2, 0.25) is 0 Å². The number of benzene rings is 2. The normalized spacial score (nSPS) is 15.6. The van der Waals surface area contributed by atoms with Crippen LogP contribution >= 0.6 is 0 Å². The molecule has 1 fully saturated rings. The van der Waals surface area contributed by atoms with Crippen molar-refractivity contribution < 1.29 is 9.47 Å². The third kappa shape index (κ3) is 2.77. The molecule has 0 saturated carbocycles. The number of nitrogens with zero attached hydrogens (tertiary/aromatic N) is 2. The number of ether oxygens (including phenoxy) is 2. The Morgan fingerprint density at radius 3 is 2.57 bits per heavy atom. The van der Waals surface area contributed by atoms with Crippen LogP contribution in [-0.2, 0) is 11.8 Å². The van der Waals surface area contributed by atoms with E-state index in [-0.39, 0.29) is 5.56 Å². The number of morpholine rings is 1. The van der Waals surface area contributed by atoms with Gasteiger partial charge in [-0.3, -0.25) is 9.69 Å². The molecule has 0 radical (unpaired) electrons. The van der Waals surface area contributed by atoms with Gasteiger partial charge in [0.25, 0.3) is 5.56 Å². The Balaban J connectivity index is 1.58. The minimum Gasteiger partial charge on any atom is -0.490 e. The van der Waals surface area contributed by atoms with Crippen molar-refractivity contribution in [3.05, 3.63) is 52.8 Å². The molecule has 6 heteroatoms. The number of H-pyrrole nitrogens is 1. The lowest BCUT2D eigenvalue weighted by molar-refractivity contribution is 0.0323. The molecule has 0 spiro atoms. The highest BCUT2D eigenvalue weighted by Gasteiger charge is 2.17. The van der Waals surface area contributed by atoms with E-state index in [1.807, 2.05) is 49.5 Å². The molecule has 2 aromatic carbocycles.